The van der Waals surface area contributed by atoms with Crippen LogP contribution in [0.15, 0.2) is 29.8 Å². The van der Waals surface area contributed by atoms with Crippen LogP contribution in [0.1, 0.15) is 12.0 Å². The molecule has 0 aliphatic rings. The Morgan fingerprint density at radius 2 is 2.15 bits per heavy atom. The van der Waals surface area contributed by atoms with Gasteiger partial charge in [-0.05, 0) is 36.6 Å². The Kier molecular flexibility index (Phi) is 3.43. The molecule has 0 aliphatic heterocycles. The van der Waals surface area contributed by atoms with Gasteiger partial charge in [-0.25, -0.2) is 8.78 Å². The van der Waals surface area contributed by atoms with Crippen LogP contribution in [0.4, 0.5) is 8.78 Å². The van der Waals surface area contributed by atoms with Gasteiger partial charge in [0.25, 0.3) is 0 Å². The van der Waals surface area contributed by atoms with Crippen molar-refractivity contribution in [3.63, 3.8) is 0 Å². The molecule has 0 aliphatic carbocycles. The fourth-order valence-corrected chi connectivity index (χ4v) is 0.969. The van der Waals surface area contributed by atoms with E-state index < -0.39 is 11.6 Å². The topological polar surface area (TPSA) is 0 Å². The molecule has 1 aromatic rings. The summed E-state index contributed by atoms with van der Waals surface area (Å²) in [4.78, 5) is 0. The molecule has 3 heteroatoms. The normalized spacial score (nSPS) is 10.1. The van der Waals surface area contributed by atoms with E-state index in [-0.39, 0.29) is 5.56 Å². The number of hydrogen-bond acceptors (Lipinski definition) is 0. The molecule has 0 N–H and O–H groups in total. The Bertz CT molecular complexity index is 321. The van der Waals surface area contributed by atoms with Gasteiger partial charge < -0.3 is 0 Å². The highest BCUT2D eigenvalue weighted by molar-refractivity contribution is 6.29. The average Bonchev–Trinajstić information content (AvgIpc) is 2.06. The fraction of sp³-hybridized carbons (Fsp3) is 0.100. The van der Waals surface area contributed by atoms with E-state index >= 15 is 0 Å². The molecule has 0 aromatic heterocycles. The summed E-state index contributed by atoms with van der Waals surface area (Å²) in [5, 5.41) is 0.392. The van der Waals surface area contributed by atoms with Crippen molar-refractivity contribution >= 4 is 11.6 Å². The second kappa shape index (κ2) is 4.38. The van der Waals surface area contributed by atoms with E-state index in [1.807, 2.05) is 0 Å². The number of halogens is 3. The molecular formula is C10H8ClF2. The first-order valence-electron chi connectivity index (χ1n) is 3.71. The van der Waals surface area contributed by atoms with Gasteiger partial charge in [0.05, 0.1) is 0 Å². The third-order valence-corrected chi connectivity index (χ3v) is 1.66. The van der Waals surface area contributed by atoms with E-state index in [1.165, 1.54) is 6.42 Å². The molecule has 0 nitrogen and oxygen atoms in total. The summed E-state index contributed by atoms with van der Waals surface area (Å²) < 4.78 is 25.6. The highest BCUT2D eigenvalue weighted by atomic mass is 35.5. The lowest BCUT2D eigenvalue weighted by Gasteiger charge is -2.01. The monoisotopic (exact) mass is 201 g/mol. The van der Waals surface area contributed by atoms with Crippen LogP contribution in [0.3, 0.4) is 0 Å². The summed E-state index contributed by atoms with van der Waals surface area (Å²) in [5.41, 5.74) is 0.210. The maximum Gasteiger partial charge on any atom is 0.126 e. The predicted molar refractivity (Wildman–Crippen MR) is 49.4 cm³/mol. The largest absolute Gasteiger partial charge is 0.207 e. The maximum absolute atomic E-state index is 12.9. The zero-order chi connectivity index (χ0) is 9.84. The molecule has 0 saturated heterocycles. The van der Waals surface area contributed by atoms with E-state index in [2.05, 4.69) is 6.58 Å². The summed E-state index contributed by atoms with van der Waals surface area (Å²) >= 11 is 5.48. The molecule has 0 saturated carbocycles. The molecule has 0 atom stereocenters. The average molecular weight is 202 g/mol. The SMILES string of the molecule is C=C(Cl)C[CH]c1cc(F)ccc1F. The van der Waals surface area contributed by atoms with Crippen LogP contribution >= 0.6 is 11.6 Å². The first-order valence-corrected chi connectivity index (χ1v) is 4.09. The van der Waals surface area contributed by atoms with Crippen LogP contribution < -0.4 is 0 Å². The van der Waals surface area contributed by atoms with E-state index in [4.69, 9.17) is 11.6 Å². The van der Waals surface area contributed by atoms with Gasteiger partial charge in [0, 0.05) is 5.03 Å². The fourth-order valence-electron chi connectivity index (χ4n) is 0.892. The Hall–Kier alpha value is -0.890. The molecular weight excluding hydrogens is 194 g/mol. The molecule has 0 amide bonds. The van der Waals surface area contributed by atoms with Crippen molar-refractivity contribution in [1.29, 1.82) is 0 Å². The number of allylic oxidation sites excluding steroid dienone is 1. The number of hydrogen-bond donors (Lipinski definition) is 0. The van der Waals surface area contributed by atoms with E-state index in [0.717, 1.165) is 18.2 Å². The molecule has 0 fully saturated rings. The van der Waals surface area contributed by atoms with Crippen molar-refractivity contribution in [2.45, 2.75) is 6.42 Å². The standard InChI is InChI=1S/C10H8ClF2/c1-7(11)2-3-8-6-9(12)4-5-10(8)13/h3-6H,1-2H2. The minimum Gasteiger partial charge on any atom is -0.207 e. The second-order valence-corrected chi connectivity index (χ2v) is 3.13. The lowest BCUT2D eigenvalue weighted by Crippen LogP contribution is -1.89. The minimum atomic E-state index is -0.465. The van der Waals surface area contributed by atoms with E-state index in [1.54, 1.807) is 0 Å². The van der Waals surface area contributed by atoms with Gasteiger partial charge in [0.1, 0.15) is 11.6 Å². The van der Waals surface area contributed by atoms with Crippen LogP contribution in [-0.2, 0) is 0 Å². The molecule has 69 valence electrons. The summed E-state index contributed by atoms with van der Waals surface area (Å²) in [6, 6.07) is 3.27. The number of rotatable bonds is 3. The quantitative estimate of drug-likeness (QED) is 0.700. The highest BCUT2D eigenvalue weighted by Crippen LogP contribution is 2.16. The maximum atomic E-state index is 12.9. The van der Waals surface area contributed by atoms with Crippen LogP contribution in [0.25, 0.3) is 0 Å². The van der Waals surface area contributed by atoms with Gasteiger partial charge in [0.15, 0.2) is 0 Å². The van der Waals surface area contributed by atoms with Gasteiger partial charge in [-0.3, -0.25) is 0 Å². The van der Waals surface area contributed by atoms with Crippen molar-refractivity contribution < 1.29 is 8.78 Å². The lowest BCUT2D eigenvalue weighted by molar-refractivity contribution is 0.593. The summed E-state index contributed by atoms with van der Waals surface area (Å²) in [6.07, 6.45) is 1.83. The Morgan fingerprint density at radius 1 is 1.46 bits per heavy atom. The zero-order valence-corrected chi connectivity index (χ0v) is 7.61. The van der Waals surface area contributed by atoms with Gasteiger partial charge in [-0.1, -0.05) is 18.2 Å². The lowest BCUT2D eigenvalue weighted by atomic mass is 10.1. The summed E-state index contributed by atoms with van der Waals surface area (Å²) in [7, 11) is 0. The van der Waals surface area contributed by atoms with E-state index in [9.17, 15) is 8.78 Å². The van der Waals surface area contributed by atoms with Gasteiger partial charge in [-0.15, -0.1) is 0 Å². The predicted octanol–water partition coefficient (Wildman–Crippen LogP) is 3.66. The first kappa shape index (κ1) is 10.2. The molecule has 0 bridgehead atoms. The molecule has 1 rings (SSSR count). The second-order valence-electron chi connectivity index (χ2n) is 2.59. The highest BCUT2D eigenvalue weighted by Gasteiger charge is 2.03. The summed E-state index contributed by atoms with van der Waals surface area (Å²) in [6.45, 7) is 3.44. The van der Waals surface area contributed by atoms with Crippen molar-refractivity contribution in [3.05, 3.63) is 53.4 Å². The van der Waals surface area contributed by atoms with Crippen molar-refractivity contribution in [2.75, 3.05) is 0 Å². The van der Waals surface area contributed by atoms with Crippen LogP contribution in [0, 0.1) is 18.1 Å². The van der Waals surface area contributed by atoms with Crippen LogP contribution in [-0.4, -0.2) is 0 Å². The third-order valence-electron chi connectivity index (χ3n) is 1.50. The van der Waals surface area contributed by atoms with Crippen LogP contribution in [0.2, 0.25) is 0 Å². The molecule has 13 heavy (non-hydrogen) atoms. The van der Waals surface area contributed by atoms with Gasteiger partial charge in [0.2, 0.25) is 0 Å². The van der Waals surface area contributed by atoms with Crippen molar-refractivity contribution in [1.82, 2.24) is 0 Å². The zero-order valence-electron chi connectivity index (χ0n) is 6.86. The van der Waals surface area contributed by atoms with Crippen molar-refractivity contribution in [2.24, 2.45) is 0 Å². The van der Waals surface area contributed by atoms with Gasteiger partial charge in [-0.2, -0.15) is 0 Å². The number of benzene rings is 1. The van der Waals surface area contributed by atoms with Gasteiger partial charge >= 0.3 is 0 Å². The third kappa shape index (κ3) is 3.15. The molecule has 1 radical (unpaired) electrons. The molecule has 1 aromatic carbocycles. The molecule has 0 heterocycles. The van der Waals surface area contributed by atoms with Crippen LogP contribution in [0.5, 0.6) is 0 Å². The molecule has 0 unspecified atom stereocenters. The van der Waals surface area contributed by atoms with E-state index in [0.29, 0.717) is 11.5 Å². The smallest absolute Gasteiger partial charge is 0.126 e. The van der Waals surface area contributed by atoms with Crippen molar-refractivity contribution in [3.8, 4) is 0 Å². The Balaban J connectivity index is 2.75. The Morgan fingerprint density at radius 3 is 2.77 bits per heavy atom. The summed E-state index contributed by atoms with van der Waals surface area (Å²) in [5.74, 6) is -0.924. The first-order chi connectivity index (χ1) is 6.09. The Labute approximate surface area is 80.8 Å². The molecule has 0 spiro atoms. The minimum absolute atomic E-state index is 0.210.